The Morgan fingerprint density at radius 3 is 2.14 bits per heavy atom. The van der Waals surface area contributed by atoms with Crippen molar-refractivity contribution < 1.29 is 29.0 Å². The summed E-state index contributed by atoms with van der Waals surface area (Å²) in [6.07, 6.45) is 0.911. The van der Waals surface area contributed by atoms with E-state index in [9.17, 15) is 19.5 Å². The number of rotatable bonds is 9. The molecule has 2 atom stereocenters. The molecule has 2 aliphatic heterocycles. The number of aliphatic carboxylic acids is 1. The molecule has 1 saturated carbocycles. The Bertz CT molecular complexity index is 1420. The van der Waals surface area contributed by atoms with Gasteiger partial charge in [0.1, 0.15) is 18.2 Å². The topological polar surface area (TPSA) is 105 Å². The molecule has 8 heteroatoms. The van der Waals surface area contributed by atoms with Gasteiger partial charge in [-0.3, -0.25) is 4.79 Å². The summed E-state index contributed by atoms with van der Waals surface area (Å²) in [4.78, 5) is 41.3. The van der Waals surface area contributed by atoms with Gasteiger partial charge in [0, 0.05) is 12.5 Å². The van der Waals surface area contributed by atoms with Gasteiger partial charge in [-0.1, -0.05) is 78.9 Å². The number of amides is 2. The standard InChI is InChI=1S/C34H36N2O6/c1-22(41-20-24-9-3-2-4-10-24)30(31(37)36-19-23-15-17-34(36,18-16-23)32(38)39)35-33(40)42-21-29-27-13-7-5-11-25(27)26-12-6-8-14-28(26)29/h2-14,22-23,29-30H,15-21H2,1H3,(H,35,40)(H,38,39). The SMILES string of the molecule is CC(OCc1ccccc1)C(NC(=O)OCC1c2ccccc2-c2ccccc21)C(=O)N1CC2CCC1(C(=O)O)CC2. The summed E-state index contributed by atoms with van der Waals surface area (Å²) in [6, 6.07) is 24.6. The van der Waals surface area contributed by atoms with Gasteiger partial charge in [0.15, 0.2) is 0 Å². The molecule has 3 aromatic rings. The predicted molar refractivity (Wildman–Crippen MR) is 157 cm³/mol. The lowest BCUT2D eigenvalue weighted by Crippen LogP contribution is -2.68. The Kier molecular flexibility index (Phi) is 7.73. The van der Waals surface area contributed by atoms with Crippen molar-refractivity contribution in [2.45, 2.75) is 62.8 Å². The predicted octanol–water partition coefficient (Wildman–Crippen LogP) is 5.35. The highest BCUT2D eigenvalue weighted by molar-refractivity contribution is 5.92. The number of hydrogen-bond donors (Lipinski definition) is 2. The molecule has 2 N–H and O–H groups in total. The van der Waals surface area contributed by atoms with Crippen LogP contribution >= 0.6 is 0 Å². The fourth-order valence-corrected chi connectivity index (χ4v) is 6.88. The van der Waals surface area contributed by atoms with E-state index in [-0.39, 0.29) is 25.0 Å². The lowest BCUT2D eigenvalue weighted by Gasteiger charge is -2.52. The number of carbonyl (C=O) groups is 3. The van der Waals surface area contributed by atoms with E-state index in [0.29, 0.717) is 19.4 Å². The number of carboxylic acid groups (broad SMARTS) is 1. The number of alkyl carbamates (subject to hydrolysis) is 1. The van der Waals surface area contributed by atoms with Crippen LogP contribution in [0.5, 0.6) is 0 Å². The van der Waals surface area contributed by atoms with Crippen LogP contribution < -0.4 is 5.32 Å². The van der Waals surface area contributed by atoms with Crippen LogP contribution in [0.1, 0.15) is 55.2 Å². The zero-order valence-electron chi connectivity index (χ0n) is 23.7. The van der Waals surface area contributed by atoms with Gasteiger partial charge in [0.25, 0.3) is 0 Å². The molecule has 8 nitrogen and oxygen atoms in total. The highest BCUT2D eigenvalue weighted by Gasteiger charge is 2.55. The van der Waals surface area contributed by atoms with Crippen LogP contribution in [0, 0.1) is 5.92 Å². The van der Waals surface area contributed by atoms with E-state index in [4.69, 9.17) is 9.47 Å². The lowest BCUT2D eigenvalue weighted by atomic mass is 9.70. The van der Waals surface area contributed by atoms with E-state index in [0.717, 1.165) is 40.7 Å². The van der Waals surface area contributed by atoms with Gasteiger partial charge in [-0.15, -0.1) is 0 Å². The van der Waals surface area contributed by atoms with Gasteiger partial charge in [-0.05, 0) is 66.3 Å². The summed E-state index contributed by atoms with van der Waals surface area (Å²) in [5.41, 5.74) is 4.09. The highest BCUT2D eigenvalue weighted by atomic mass is 16.5. The summed E-state index contributed by atoms with van der Waals surface area (Å²) in [5.74, 6) is -1.31. The van der Waals surface area contributed by atoms with Crippen LogP contribution in [0.15, 0.2) is 78.9 Å². The molecule has 3 aromatic carbocycles. The largest absolute Gasteiger partial charge is 0.479 e. The van der Waals surface area contributed by atoms with E-state index in [1.54, 1.807) is 6.92 Å². The molecule has 2 bridgehead atoms. The fourth-order valence-electron chi connectivity index (χ4n) is 6.88. The minimum absolute atomic E-state index is 0.102. The number of carbonyl (C=O) groups excluding carboxylic acids is 2. The van der Waals surface area contributed by atoms with Crippen molar-refractivity contribution >= 4 is 18.0 Å². The fraction of sp³-hybridized carbons (Fsp3) is 0.382. The van der Waals surface area contributed by atoms with Crippen LogP contribution in [0.4, 0.5) is 4.79 Å². The number of piperidine rings is 2. The van der Waals surface area contributed by atoms with Crippen molar-refractivity contribution in [2.24, 2.45) is 5.92 Å². The smallest absolute Gasteiger partial charge is 0.407 e. The van der Waals surface area contributed by atoms with E-state index < -0.39 is 35.7 Å². The van der Waals surface area contributed by atoms with Gasteiger partial charge in [-0.25, -0.2) is 9.59 Å². The second-order valence-electron chi connectivity index (χ2n) is 11.7. The molecule has 2 unspecified atom stereocenters. The average molecular weight is 569 g/mol. The Hall–Kier alpha value is -4.17. The molecule has 2 saturated heterocycles. The molecule has 2 aliphatic carbocycles. The molecule has 2 heterocycles. The highest BCUT2D eigenvalue weighted by Crippen LogP contribution is 2.45. The number of carboxylic acids is 1. The van der Waals surface area contributed by atoms with Crippen molar-refractivity contribution in [3.8, 4) is 11.1 Å². The summed E-state index contributed by atoms with van der Waals surface area (Å²) in [5, 5.41) is 13.0. The second kappa shape index (κ2) is 11.6. The zero-order valence-corrected chi connectivity index (χ0v) is 23.7. The molecule has 4 aliphatic rings. The Morgan fingerprint density at radius 2 is 1.52 bits per heavy atom. The first kappa shape index (κ1) is 28.0. The number of fused-ring (bicyclic) bond motifs is 6. The molecule has 2 amide bonds. The van der Waals surface area contributed by atoms with Crippen LogP contribution in [-0.4, -0.2) is 58.8 Å². The summed E-state index contributed by atoms with van der Waals surface area (Å²) < 4.78 is 11.8. The molecule has 3 fully saturated rings. The first-order chi connectivity index (χ1) is 20.4. The maximum absolute atomic E-state index is 14.1. The van der Waals surface area contributed by atoms with E-state index in [1.807, 2.05) is 66.7 Å². The molecule has 0 aromatic heterocycles. The minimum Gasteiger partial charge on any atom is -0.479 e. The third-order valence-corrected chi connectivity index (χ3v) is 9.26. The van der Waals surface area contributed by atoms with Crippen LogP contribution in [0.25, 0.3) is 11.1 Å². The van der Waals surface area contributed by atoms with Gasteiger partial charge >= 0.3 is 12.1 Å². The van der Waals surface area contributed by atoms with Crippen molar-refractivity contribution in [1.82, 2.24) is 10.2 Å². The van der Waals surface area contributed by atoms with E-state index >= 15 is 0 Å². The van der Waals surface area contributed by atoms with E-state index in [2.05, 4.69) is 17.4 Å². The quantitative estimate of drug-likeness (QED) is 0.360. The van der Waals surface area contributed by atoms with Crippen LogP contribution in [0.2, 0.25) is 0 Å². The monoisotopic (exact) mass is 568 g/mol. The third-order valence-electron chi connectivity index (χ3n) is 9.26. The van der Waals surface area contributed by atoms with Crippen molar-refractivity contribution in [3.05, 3.63) is 95.6 Å². The number of nitrogens with one attached hydrogen (secondary N) is 1. The normalized spacial score (nSPS) is 22.1. The van der Waals surface area contributed by atoms with Gasteiger partial charge < -0.3 is 24.8 Å². The summed E-state index contributed by atoms with van der Waals surface area (Å²) >= 11 is 0. The van der Waals surface area contributed by atoms with Crippen LogP contribution in [-0.2, 0) is 25.7 Å². The summed E-state index contributed by atoms with van der Waals surface area (Å²) in [7, 11) is 0. The number of benzene rings is 3. The van der Waals surface area contributed by atoms with Crippen molar-refractivity contribution in [1.29, 1.82) is 0 Å². The maximum Gasteiger partial charge on any atom is 0.407 e. The first-order valence-corrected chi connectivity index (χ1v) is 14.7. The molecule has 42 heavy (non-hydrogen) atoms. The van der Waals surface area contributed by atoms with Crippen molar-refractivity contribution in [2.75, 3.05) is 13.2 Å². The van der Waals surface area contributed by atoms with Gasteiger partial charge in [0.2, 0.25) is 5.91 Å². The third kappa shape index (κ3) is 5.15. The zero-order chi connectivity index (χ0) is 29.3. The van der Waals surface area contributed by atoms with Crippen LogP contribution in [0.3, 0.4) is 0 Å². The molecule has 218 valence electrons. The molecule has 0 radical (unpaired) electrons. The van der Waals surface area contributed by atoms with Gasteiger partial charge in [0.05, 0.1) is 12.7 Å². The Balaban J connectivity index is 1.20. The molecular weight excluding hydrogens is 532 g/mol. The number of nitrogens with zero attached hydrogens (tertiary/aromatic N) is 1. The van der Waals surface area contributed by atoms with Crippen molar-refractivity contribution in [3.63, 3.8) is 0 Å². The number of ether oxygens (including phenoxy) is 2. The summed E-state index contributed by atoms with van der Waals surface area (Å²) in [6.45, 7) is 2.43. The average Bonchev–Trinajstić information content (AvgIpc) is 3.35. The second-order valence-corrected chi connectivity index (χ2v) is 11.7. The minimum atomic E-state index is -1.26. The first-order valence-electron chi connectivity index (χ1n) is 14.7. The molecule has 0 spiro atoms. The Morgan fingerprint density at radius 1 is 0.929 bits per heavy atom. The Labute approximate surface area is 245 Å². The molecular formula is C34H36N2O6. The molecule has 7 rings (SSSR count). The lowest BCUT2D eigenvalue weighted by molar-refractivity contribution is -0.173. The number of hydrogen-bond acceptors (Lipinski definition) is 5. The van der Waals surface area contributed by atoms with Gasteiger partial charge in [-0.2, -0.15) is 0 Å². The van der Waals surface area contributed by atoms with E-state index in [1.165, 1.54) is 4.90 Å². The maximum atomic E-state index is 14.1.